The lowest BCUT2D eigenvalue weighted by atomic mass is 10.1. The molecular formula is C12H22IN3S. The minimum atomic E-state index is 0. The van der Waals surface area contributed by atoms with Crippen LogP contribution in [-0.4, -0.2) is 25.1 Å². The van der Waals surface area contributed by atoms with Gasteiger partial charge in [0.1, 0.15) is 0 Å². The van der Waals surface area contributed by atoms with Crippen LogP contribution >= 0.6 is 35.3 Å². The molecule has 17 heavy (non-hydrogen) atoms. The molecule has 0 aromatic carbocycles. The van der Waals surface area contributed by atoms with Gasteiger partial charge in [0.05, 0.1) is 0 Å². The van der Waals surface area contributed by atoms with E-state index in [1.165, 1.54) is 4.88 Å². The number of thiophene rings is 1. The highest BCUT2D eigenvalue weighted by atomic mass is 127. The van der Waals surface area contributed by atoms with E-state index in [1.807, 2.05) is 0 Å². The number of rotatable bonds is 3. The molecule has 1 heterocycles. The van der Waals surface area contributed by atoms with Crippen LogP contribution in [0.2, 0.25) is 0 Å². The molecule has 0 spiro atoms. The minimum Gasteiger partial charge on any atom is -0.356 e. The van der Waals surface area contributed by atoms with Gasteiger partial charge in [-0.2, -0.15) is 0 Å². The third-order valence-corrected chi connectivity index (χ3v) is 2.90. The van der Waals surface area contributed by atoms with Crippen LogP contribution in [0.4, 0.5) is 0 Å². The number of guanidine groups is 1. The van der Waals surface area contributed by atoms with E-state index >= 15 is 0 Å². The van der Waals surface area contributed by atoms with Crippen LogP contribution in [0.3, 0.4) is 0 Å². The van der Waals surface area contributed by atoms with Gasteiger partial charge in [0, 0.05) is 24.0 Å². The van der Waals surface area contributed by atoms with Crippen molar-refractivity contribution in [1.82, 2.24) is 10.6 Å². The van der Waals surface area contributed by atoms with E-state index in [0.29, 0.717) is 0 Å². The van der Waals surface area contributed by atoms with Gasteiger partial charge in [0.25, 0.3) is 0 Å². The van der Waals surface area contributed by atoms with Gasteiger partial charge in [-0.3, -0.25) is 4.99 Å². The molecule has 0 aliphatic carbocycles. The Hall–Kier alpha value is -0.300. The van der Waals surface area contributed by atoms with Crippen molar-refractivity contribution >= 4 is 41.3 Å². The summed E-state index contributed by atoms with van der Waals surface area (Å²) < 4.78 is 0. The van der Waals surface area contributed by atoms with E-state index in [9.17, 15) is 0 Å². The third kappa shape index (κ3) is 7.59. The molecule has 0 radical (unpaired) electrons. The quantitative estimate of drug-likeness (QED) is 0.490. The highest BCUT2D eigenvalue weighted by molar-refractivity contribution is 14.0. The molecule has 1 aromatic heterocycles. The SMILES string of the molecule is CN=C(NCCc1cccs1)NC(C)(C)C.I. The first-order valence-corrected chi connectivity index (χ1v) is 6.40. The summed E-state index contributed by atoms with van der Waals surface area (Å²) in [5.74, 6) is 0.865. The van der Waals surface area contributed by atoms with Crippen molar-refractivity contribution in [2.24, 2.45) is 4.99 Å². The summed E-state index contributed by atoms with van der Waals surface area (Å²) in [6.07, 6.45) is 1.04. The first-order chi connectivity index (χ1) is 7.51. The third-order valence-electron chi connectivity index (χ3n) is 1.96. The van der Waals surface area contributed by atoms with Gasteiger partial charge in [-0.05, 0) is 38.6 Å². The lowest BCUT2D eigenvalue weighted by molar-refractivity contribution is 0.502. The second kappa shape index (κ2) is 7.92. The van der Waals surface area contributed by atoms with Gasteiger partial charge in [0.2, 0.25) is 0 Å². The average Bonchev–Trinajstić information content (AvgIpc) is 2.67. The van der Waals surface area contributed by atoms with Crippen molar-refractivity contribution in [3.8, 4) is 0 Å². The molecule has 1 aromatic rings. The van der Waals surface area contributed by atoms with Crippen molar-refractivity contribution in [3.05, 3.63) is 22.4 Å². The second-order valence-electron chi connectivity index (χ2n) is 4.70. The Labute approximate surface area is 125 Å². The summed E-state index contributed by atoms with van der Waals surface area (Å²) >= 11 is 1.80. The molecule has 5 heteroatoms. The van der Waals surface area contributed by atoms with Crippen molar-refractivity contribution in [3.63, 3.8) is 0 Å². The number of halogens is 1. The van der Waals surface area contributed by atoms with Gasteiger partial charge in [-0.15, -0.1) is 35.3 Å². The molecule has 3 nitrogen and oxygen atoms in total. The number of nitrogens with zero attached hydrogens (tertiary/aromatic N) is 1. The topological polar surface area (TPSA) is 36.4 Å². The highest BCUT2D eigenvalue weighted by Crippen LogP contribution is 2.08. The molecule has 0 bridgehead atoms. The van der Waals surface area contributed by atoms with Gasteiger partial charge in [-0.1, -0.05) is 6.07 Å². The van der Waals surface area contributed by atoms with Gasteiger partial charge in [-0.25, -0.2) is 0 Å². The Morgan fingerprint density at radius 2 is 2.12 bits per heavy atom. The standard InChI is InChI=1S/C12H21N3S.HI/c1-12(2,3)15-11(13-4)14-8-7-10-6-5-9-16-10;/h5-6,9H,7-8H2,1-4H3,(H2,13,14,15);1H. The molecule has 98 valence electrons. The Bertz CT molecular complexity index is 328. The molecule has 0 fully saturated rings. The Balaban J connectivity index is 0.00000256. The zero-order valence-corrected chi connectivity index (χ0v) is 14.1. The molecule has 0 aliphatic rings. The number of hydrogen-bond acceptors (Lipinski definition) is 2. The Kier molecular flexibility index (Phi) is 7.78. The van der Waals surface area contributed by atoms with Gasteiger partial charge >= 0.3 is 0 Å². The molecular weight excluding hydrogens is 345 g/mol. The van der Waals surface area contributed by atoms with Crippen molar-refractivity contribution < 1.29 is 0 Å². The maximum Gasteiger partial charge on any atom is 0.191 e. The van der Waals surface area contributed by atoms with Crippen LogP contribution < -0.4 is 10.6 Å². The largest absolute Gasteiger partial charge is 0.356 e. The summed E-state index contributed by atoms with van der Waals surface area (Å²) in [4.78, 5) is 5.59. The molecule has 0 amide bonds. The van der Waals surface area contributed by atoms with E-state index in [0.717, 1.165) is 18.9 Å². The van der Waals surface area contributed by atoms with Crippen LogP contribution in [-0.2, 0) is 6.42 Å². The highest BCUT2D eigenvalue weighted by Gasteiger charge is 2.11. The van der Waals surface area contributed by atoms with Crippen molar-refractivity contribution in [1.29, 1.82) is 0 Å². The predicted molar refractivity (Wildman–Crippen MR) is 87.7 cm³/mol. The zero-order chi connectivity index (χ0) is 12.0. The molecule has 0 unspecified atom stereocenters. The predicted octanol–water partition coefficient (Wildman–Crippen LogP) is 2.87. The number of hydrogen-bond donors (Lipinski definition) is 2. The summed E-state index contributed by atoms with van der Waals surface area (Å²) in [7, 11) is 1.80. The molecule has 0 saturated carbocycles. The summed E-state index contributed by atoms with van der Waals surface area (Å²) in [6.45, 7) is 7.29. The zero-order valence-electron chi connectivity index (χ0n) is 10.9. The van der Waals surface area contributed by atoms with E-state index in [-0.39, 0.29) is 29.5 Å². The van der Waals surface area contributed by atoms with Crippen LogP contribution in [0, 0.1) is 0 Å². The molecule has 0 atom stereocenters. The Morgan fingerprint density at radius 1 is 1.41 bits per heavy atom. The van der Waals surface area contributed by atoms with Crippen molar-refractivity contribution in [2.75, 3.05) is 13.6 Å². The number of nitrogens with one attached hydrogen (secondary N) is 2. The van der Waals surface area contributed by atoms with Crippen LogP contribution in [0.25, 0.3) is 0 Å². The molecule has 2 N–H and O–H groups in total. The maximum absolute atomic E-state index is 4.19. The average molecular weight is 367 g/mol. The Morgan fingerprint density at radius 3 is 2.59 bits per heavy atom. The maximum atomic E-state index is 4.19. The smallest absolute Gasteiger partial charge is 0.191 e. The van der Waals surface area contributed by atoms with Crippen LogP contribution in [0.15, 0.2) is 22.5 Å². The first-order valence-electron chi connectivity index (χ1n) is 5.52. The first kappa shape index (κ1) is 16.7. The molecule has 0 saturated heterocycles. The lowest BCUT2D eigenvalue weighted by Gasteiger charge is -2.23. The fraction of sp³-hybridized carbons (Fsp3) is 0.583. The number of aliphatic imine (C=N–C) groups is 1. The summed E-state index contributed by atoms with van der Waals surface area (Å²) in [5.41, 5.74) is 0.0464. The van der Waals surface area contributed by atoms with E-state index in [4.69, 9.17) is 0 Å². The fourth-order valence-corrected chi connectivity index (χ4v) is 2.00. The minimum absolute atomic E-state index is 0. The monoisotopic (exact) mass is 367 g/mol. The van der Waals surface area contributed by atoms with Crippen molar-refractivity contribution in [2.45, 2.75) is 32.7 Å². The van der Waals surface area contributed by atoms with Gasteiger partial charge in [0.15, 0.2) is 5.96 Å². The second-order valence-corrected chi connectivity index (χ2v) is 5.74. The fourth-order valence-electron chi connectivity index (χ4n) is 1.29. The van der Waals surface area contributed by atoms with Crippen LogP contribution in [0.1, 0.15) is 25.6 Å². The molecule has 0 aliphatic heterocycles. The summed E-state index contributed by atoms with van der Waals surface area (Å²) in [5, 5.41) is 8.75. The lowest BCUT2D eigenvalue weighted by Crippen LogP contribution is -2.47. The van der Waals surface area contributed by atoms with Crippen LogP contribution in [0.5, 0.6) is 0 Å². The molecule has 1 rings (SSSR count). The normalized spacial score (nSPS) is 11.9. The summed E-state index contributed by atoms with van der Waals surface area (Å²) in [6, 6.07) is 4.24. The van der Waals surface area contributed by atoms with E-state index in [2.05, 4.69) is 53.9 Å². The van der Waals surface area contributed by atoms with E-state index in [1.54, 1.807) is 18.4 Å². The van der Waals surface area contributed by atoms with E-state index < -0.39 is 0 Å². The van der Waals surface area contributed by atoms with Gasteiger partial charge < -0.3 is 10.6 Å².